The molecule has 368 valence electrons. The van der Waals surface area contributed by atoms with Gasteiger partial charge in [-0.15, -0.1) is 0 Å². The number of hydrogen-bond acceptors (Lipinski definition) is 17. The highest BCUT2D eigenvalue weighted by Gasteiger charge is 2.43. The number of hydrogen-bond donors (Lipinski definition) is 2. The van der Waals surface area contributed by atoms with Crippen LogP contribution >= 0.6 is 11.8 Å². The average molecular weight is 986 g/mol. The fourth-order valence-electron chi connectivity index (χ4n) is 7.18. The third kappa shape index (κ3) is 14.8. The van der Waals surface area contributed by atoms with Gasteiger partial charge in [0.25, 0.3) is 17.1 Å². The monoisotopic (exact) mass is 985 g/mol. The summed E-state index contributed by atoms with van der Waals surface area (Å²) in [5.41, 5.74) is 1.89. The fourth-order valence-corrected chi connectivity index (χ4v) is 8.38. The number of amides is 5. The lowest BCUT2D eigenvalue weighted by Crippen LogP contribution is -2.49. The molecule has 2 N–H and O–H groups in total. The number of nitro benzene ring substituents is 3. The van der Waals surface area contributed by atoms with Crippen LogP contribution in [0.1, 0.15) is 35.1 Å². The van der Waals surface area contributed by atoms with Gasteiger partial charge in [0.15, 0.2) is 0 Å². The van der Waals surface area contributed by atoms with Crippen LogP contribution in [0.25, 0.3) is 0 Å². The maximum atomic E-state index is 14.3. The molecule has 0 unspecified atom stereocenters. The summed E-state index contributed by atoms with van der Waals surface area (Å²) in [6.07, 6.45) is -2.25. The van der Waals surface area contributed by atoms with Gasteiger partial charge in [0.05, 0.1) is 21.9 Å². The van der Waals surface area contributed by atoms with Crippen LogP contribution in [0.2, 0.25) is 0 Å². The maximum absolute atomic E-state index is 14.3. The number of aliphatic imine (C=N–C) groups is 1. The Morgan fingerprint density at radius 1 is 0.643 bits per heavy atom. The van der Waals surface area contributed by atoms with Gasteiger partial charge in [0.1, 0.15) is 38.2 Å². The van der Waals surface area contributed by atoms with Crippen molar-refractivity contribution in [3.63, 3.8) is 0 Å². The molecule has 0 radical (unpaired) electrons. The van der Waals surface area contributed by atoms with Crippen LogP contribution < -0.4 is 15.4 Å². The van der Waals surface area contributed by atoms with Gasteiger partial charge in [-0.05, 0) is 83.6 Å². The van der Waals surface area contributed by atoms with Gasteiger partial charge < -0.3 is 28.7 Å². The molecule has 4 aromatic rings. The number of nitro groups is 3. The van der Waals surface area contributed by atoms with Gasteiger partial charge in [0, 0.05) is 80.1 Å². The molecule has 0 aromatic heterocycles. The Hall–Kier alpha value is -8.35. The zero-order valence-electron chi connectivity index (χ0n) is 37.5. The molecule has 24 nitrogen and oxygen atoms in total. The molecule has 0 bridgehead atoms. The summed E-state index contributed by atoms with van der Waals surface area (Å²) in [6, 6.07) is 22.7. The maximum Gasteiger partial charge on any atom is 0.414 e. The second-order valence-electron chi connectivity index (χ2n) is 15.6. The number of rotatable bonds is 16. The Bertz CT molecular complexity index is 2490. The zero-order chi connectivity index (χ0) is 50.2. The Balaban J connectivity index is 1.08. The van der Waals surface area contributed by atoms with E-state index in [1.54, 1.807) is 23.8 Å². The smallest absolute Gasteiger partial charge is 0.414 e. The van der Waals surface area contributed by atoms with E-state index >= 15 is 0 Å². The molecule has 2 aliphatic heterocycles. The van der Waals surface area contributed by atoms with E-state index in [0.29, 0.717) is 41.0 Å². The first-order chi connectivity index (χ1) is 33.6. The highest BCUT2D eigenvalue weighted by Crippen LogP contribution is 2.32. The van der Waals surface area contributed by atoms with Crippen molar-refractivity contribution in [3.05, 3.63) is 150 Å². The summed E-state index contributed by atoms with van der Waals surface area (Å²) in [4.78, 5) is 107. The van der Waals surface area contributed by atoms with E-state index in [4.69, 9.17) is 18.9 Å². The van der Waals surface area contributed by atoms with Crippen molar-refractivity contribution in [1.82, 2.24) is 25.3 Å². The van der Waals surface area contributed by atoms with Gasteiger partial charge >= 0.3 is 18.3 Å². The van der Waals surface area contributed by atoms with E-state index in [0.717, 1.165) is 5.56 Å². The van der Waals surface area contributed by atoms with Crippen LogP contribution in [0, 0.1) is 30.3 Å². The van der Waals surface area contributed by atoms with Crippen LogP contribution in [0.5, 0.6) is 5.75 Å². The summed E-state index contributed by atoms with van der Waals surface area (Å²) in [6.45, 7) is -0.539. The summed E-state index contributed by atoms with van der Waals surface area (Å²) in [5, 5.41) is 37.5. The van der Waals surface area contributed by atoms with Crippen molar-refractivity contribution in [2.24, 2.45) is 4.99 Å². The molecular formula is C45H47N9O15S. The summed E-state index contributed by atoms with van der Waals surface area (Å²) in [5.74, 6) is -0.0722. The number of benzene rings is 4. The second-order valence-corrected chi connectivity index (χ2v) is 16.9. The highest BCUT2D eigenvalue weighted by atomic mass is 32.2. The first kappa shape index (κ1) is 51.0. The number of nitrogens with zero attached hydrogens (tertiary/aromatic N) is 7. The van der Waals surface area contributed by atoms with Crippen molar-refractivity contribution >= 4 is 64.9 Å². The quantitative estimate of drug-likeness (QED) is 0.0447. The molecule has 70 heavy (non-hydrogen) atoms. The van der Waals surface area contributed by atoms with Gasteiger partial charge in [0.2, 0.25) is 17.8 Å². The Morgan fingerprint density at radius 3 is 1.59 bits per heavy atom. The van der Waals surface area contributed by atoms with E-state index < -0.39 is 57.5 Å². The van der Waals surface area contributed by atoms with Gasteiger partial charge in [-0.1, -0.05) is 12.1 Å². The Kier molecular flexibility index (Phi) is 17.9. The predicted octanol–water partition coefficient (Wildman–Crippen LogP) is 5.70. The van der Waals surface area contributed by atoms with E-state index in [2.05, 4.69) is 15.6 Å². The molecule has 5 amide bonds. The van der Waals surface area contributed by atoms with Gasteiger partial charge in [-0.3, -0.25) is 55.5 Å². The molecular weight excluding hydrogens is 939 g/mol. The van der Waals surface area contributed by atoms with Crippen molar-refractivity contribution in [2.45, 2.75) is 49.7 Å². The molecule has 6 rings (SSSR count). The van der Waals surface area contributed by atoms with Crippen molar-refractivity contribution in [3.8, 4) is 5.75 Å². The number of carbonyl (C=O) groups excluding carboxylic acids is 5. The van der Waals surface area contributed by atoms with Crippen LogP contribution in [-0.2, 0) is 49.4 Å². The first-order valence-electron chi connectivity index (χ1n) is 21.5. The van der Waals surface area contributed by atoms with E-state index in [1.807, 2.05) is 24.3 Å². The molecule has 2 aliphatic rings. The van der Waals surface area contributed by atoms with Crippen LogP contribution in [0.3, 0.4) is 0 Å². The lowest BCUT2D eigenvalue weighted by Gasteiger charge is -2.29. The van der Waals surface area contributed by atoms with Crippen molar-refractivity contribution < 1.29 is 57.7 Å². The van der Waals surface area contributed by atoms with E-state index in [-0.39, 0.29) is 80.8 Å². The van der Waals surface area contributed by atoms with E-state index in [1.165, 1.54) is 82.6 Å². The Labute approximate surface area is 403 Å². The minimum absolute atomic E-state index is 0.0812. The standard InChI is InChI=1S/C45H47N9O15S/c1-66-37-17-9-33(10-18-37)29-70-38-23-39(51(25-38)45(59)69-28-32-7-15-36(16-8-32)54(64)65)41(56)50-20-2-19-49(21-22-50)40(55)24-46-42(47-43(57)67-26-30-3-11-34(12-4-30)52(60)61)48-44(58)68-27-31-5-13-35(14-6-31)53(62)63/h3-18,38-39H,2,19-29H2,1H3,(H2,46,47,48,57,58)/t38-,39-/m0/s1. The predicted molar refractivity (Wildman–Crippen MR) is 249 cm³/mol. The molecule has 4 aromatic carbocycles. The first-order valence-corrected chi connectivity index (χ1v) is 22.6. The zero-order valence-corrected chi connectivity index (χ0v) is 38.4. The third-order valence-electron chi connectivity index (χ3n) is 10.9. The molecule has 25 heteroatoms. The number of carbonyl (C=O) groups is 5. The number of likely N-dealkylation sites (tertiary alicyclic amines) is 1. The minimum atomic E-state index is -1.11. The molecule has 2 atom stereocenters. The fraction of sp³-hybridized carbons (Fsp3) is 0.333. The SMILES string of the molecule is COc1ccc(CS[C@H]2C[C@@H](C(=O)N3CCCN(C(=O)CN=C(NC(=O)OCc4ccc([N+](=O)[O-])cc4)NC(=O)OCc4ccc([N+](=O)[O-])cc4)CC3)N(C(=O)OCc3ccc([N+](=O)[O-])cc3)C2)cc1. The largest absolute Gasteiger partial charge is 0.497 e. The van der Waals surface area contributed by atoms with Gasteiger partial charge in [-0.2, -0.15) is 11.8 Å². The second kappa shape index (κ2) is 24.6. The molecule has 2 saturated heterocycles. The average Bonchev–Trinajstić information content (AvgIpc) is 3.64. The molecule has 2 fully saturated rings. The van der Waals surface area contributed by atoms with Crippen LogP contribution in [-0.4, -0.2) is 123 Å². The summed E-state index contributed by atoms with van der Waals surface area (Å²) >= 11 is 1.59. The molecule has 0 aliphatic carbocycles. The van der Waals surface area contributed by atoms with Crippen molar-refractivity contribution in [1.29, 1.82) is 0 Å². The molecule has 0 saturated carbocycles. The highest BCUT2D eigenvalue weighted by molar-refractivity contribution is 7.99. The minimum Gasteiger partial charge on any atom is -0.497 e. The summed E-state index contributed by atoms with van der Waals surface area (Å²) in [7, 11) is 1.58. The number of guanidine groups is 1. The molecule has 0 spiro atoms. The van der Waals surface area contributed by atoms with E-state index in [9.17, 15) is 54.3 Å². The van der Waals surface area contributed by atoms with Crippen LogP contribution in [0.15, 0.2) is 102 Å². The lowest BCUT2D eigenvalue weighted by atomic mass is 10.2. The Morgan fingerprint density at radius 2 is 1.10 bits per heavy atom. The lowest BCUT2D eigenvalue weighted by molar-refractivity contribution is -0.385. The number of non-ortho nitro benzene ring substituents is 3. The summed E-state index contributed by atoms with van der Waals surface area (Å²) < 4.78 is 21.3. The number of thioether (sulfide) groups is 1. The number of ether oxygens (including phenoxy) is 4. The van der Waals surface area contributed by atoms with Crippen molar-refractivity contribution in [2.75, 3.05) is 46.4 Å². The van der Waals surface area contributed by atoms with Gasteiger partial charge in [-0.25, -0.2) is 19.4 Å². The third-order valence-corrected chi connectivity index (χ3v) is 12.3. The topological polar surface area (TPSA) is 298 Å². The number of nitrogens with one attached hydrogen (secondary N) is 2. The normalized spacial score (nSPS) is 15.4. The number of alkyl carbamates (subject to hydrolysis) is 2. The number of methoxy groups -OCH3 is 1. The molecule has 2 heterocycles. The van der Waals surface area contributed by atoms with Crippen LogP contribution in [0.4, 0.5) is 31.4 Å².